The van der Waals surface area contributed by atoms with Gasteiger partial charge in [0.05, 0.1) is 6.07 Å². The van der Waals surface area contributed by atoms with Gasteiger partial charge >= 0.3 is 0 Å². The van der Waals surface area contributed by atoms with Gasteiger partial charge in [-0.1, -0.05) is 11.6 Å². The fraction of sp³-hybridized carbons (Fsp3) is 0.444. The number of aromatic nitrogens is 2. The SMILES string of the molecule is N#CCn1c(C2CC2)nc(Cl)cc1=O. The van der Waals surface area contributed by atoms with Gasteiger partial charge in [-0.3, -0.25) is 9.36 Å². The van der Waals surface area contributed by atoms with Crippen LogP contribution in [0.4, 0.5) is 0 Å². The molecule has 1 aromatic heterocycles. The second-order valence-electron chi connectivity index (χ2n) is 3.29. The third kappa shape index (κ3) is 1.64. The smallest absolute Gasteiger partial charge is 0.255 e. The molecule has 1 aliphatic rings. The first-order valence-corrected chi connectivity index (χ1v) is 4.74. The zero-order valence-corrected chi connectivity index (χ0v) is 8.16. The standard InChI is InChI=1S/C9H8ClN3O/c10-7-5-8(14)13(4-3-11)9(12-7)6-1-2-6/h5-6H,1-2,4H2. The number of nitrogens with zero attached hydrogens (tertiary/aromatic N) is 3. The first kappa shape index (κ1) is 9.22. The Balaban J connectivity index is 2.54. The van der Waals surface area contributed by atoms with Crippen LogP contribution in [0.3, 0.4) is 0 Å². The maximum absolute atomic E-state index is 11.5. The molecule has 0 atom stereocenters. The minimum atomic E-state index is -0.242. The van der Waals surface area contributed by atoms with Crippen LogP contribution in [0, 0.1) is 11.3 Å². The summed E-state index contributed by atoms with van der Waals surface area (Å²) in [5.41, 5.74) is -0.242. The number of hydrogen-bond donors (Lipinski definition) is 0. The van der Waals surface area contributed by atoms with E-state index in [9.17, 15) is 4.79 Å². The molecule has 0 unspecified atom stereocenters. The van der Waals surface area contributed by atoms with Crippen molar-refractivity contribution in [2.75, 3.05) is 0 Å². The Morgan fingerprint density at radius 3 is 3.00 bits per heavy atom. The highest BCUT2D eigenvalue weighted by atomic mass is 35.5. The Kier molecular flexibility index (Phi) is 2.26. The highest BCUT2D eigenvalue weighted by Crippen LogP contribution is 2.38. The summed E-state index contributed by atoms with van der Waals surface area (Å²) in [6, 6.07) is 3.19. The molecular formula is C9H8ClN3O. The van der Waals surface area contributed by atoms with Crippen molar-refractivity contribution < 1.29 is 0 Å². The van der Waals surface area contributed by atoms with E-state index in [-0.39, 0.29) is 17.3 Å². The molecule has 1 heterocycles. The van der Waals surface area contributed by atoms with Gasteiger partial charge in [-0.2, -0.15) is 5.26 Å². The number of nitriles is 1. The first-order chi connectivity index (χ1) is 6.72. The van der Waals surface area contributed by atoms with Gasteiger partial charge in [-0.05, 0) is 12.8 Å². The molecule has 2 rings (SSSR count). The van der Waals surface area contributed by atoms with Crippen LogP contribution < -0.4 is 5.56 Å². The maximum Gasteiger partial charge on any atom is 0.255 e. The van der Waals surface area contributed by atoms with Crippen molar-refractivity contribution in [2.45, 2.75) is 25.3 Å². The van der Waals surface area contributed by atoms with Gasteiger partial charge in [0.25, 0.3) is 5.56 Å². The molecule has 0 aromatic carbocycles. The molecule has 1 fully saturated rings. The molecule has 0 bridgehead atoms. The van der Waals surface area contributed by atoms with E-state index >= 15 is 0 Å². The minimum Gasteiger partial charge on any atom is -0.282 e. The second kappa shape index (κ2) is 3.43. The molecule has 4 nitrogen and oxygen atoms in total. The first-order valence-electron chi connectivity index (χ1n) is 4.36. The molecule has 0 spiro atoms. The monoisotopic (exact) mass is 209 g/mol. The van der Waals surface area contributed by atoms with Crippen molar-refractivity contribution in [3.63, 3.8) is 0 Å². The summed E-state index contributed by atoms with van der Waals surface area (Å²) in [4.78, 5) is 15.6. The third-order valence-electron chi connectivity index (χ3n) is 2.18. The average Bonchev–Trinajstić information content (AvgIpc) is 2.92. The van der Waals surface area contributed by atoms with Gasteiger partial charge in [0.15, 0.2) is 0 Å². The van der Waals surface area contributed by atoms with Crippen molar-refractivity contribution in [2.24, 2.45) is 0 Å². The highest BCUT2D eigenvalue weighted by Gasteiger charge is 2.28. The summed E-state index contributed by atoms with van der Waals surface area (Å²) in [6.45, 7) is 0.0504. The topological polar surface area (TPSA) is 58.7 Å². The summed E-state index contributed by atoms with van der Waals surface area (Å²) in [5, 5.41) is 8.78. The molecule has 1 saturated carbocycles. The second-order valence-corrected chi connectivity index (χ2v) is 3.68. The van der Waals surface area contributed by atoms with E-state index < -0.39 is 0 Å². The van der Waals surface area contributed by atoms with E-state index in [1.807, 2.05) is 6.07 Å². The lowest BCUT2D eigenvalue weighted by molar-refractivity contribution is 0.687. The van der Waals surface area contributed by atoms with Gasteiger partial charge in [0, 0.05) is 12.0 Å². The number of rotatable bonds is 2. The number of hydrogen-bond acceptors (Lipinski definition) is 3. The lowest BCUT2D eigenvalue weighted by Crippen LogP contribution is -2.23. The summed E-state index contributed by atoms with van der Waals surface area (Å²) in [7, 11) is 0. The molecule has 1 aliphatic carbocycles. The summed E-state index contributed by atoms with van der Waals surface area (Å²) >= 11 is 5.69. The Morgan fingerprint density at radius 1 is 1.71 bits per heavy atom. The Bertz CT molecular complexity index is 456. The Hall–Kier alpha value is -1.34. The van der Waals surface area contributed by atoms with E-state index in [1.54, 1.807) is 0 Å². The van der Waals surface area contributed by atoms with E-state index in [4.69, 9.17) is 16.9 Å². The van der Waals surface area contributed by atoms with Crippen molar-refractivity contribution in [3.05, 3.63) is 27.4 Å². The van der Waals surface area contributed by atoms with Crippen LogP contribution in [0.2, 0.25) is 5.15 Å². The van der Waals surface area contributed by atoms with Crippen LogP contribution in [-0.4, -0.2) is 9.55 Å². The van der Waals surface area contributed by atoms with Crippen LogP contribution in [0.25, 0.3) is 0 Å². The van der Waals surface area contributed by atoms with Gasteiger partial charge < -0.3 is 0 Å². The van der Waals surface area contributed by atoms with Crippen molar-refractivity contribution in [1.29, 1.82) is 5.26 Å². The zero-order valence-electron chi connectivity index (χ0n) is 7.40. The van der Waals surface area contributed by atoms with Crippen LogP contribution in [0.15, 0.2) is 10.9 Å². The van der Waals surface area contributed by atoms with Gasteiger partial charge in [0.2, 0.25) is 0 Å². The zero-order chi connectivity index (χ0) is 10.1. The lowest BCUT2D eigenvalue weighted by Gasteiger charge is -2.06. The van der Waals surface area contributed by atoms with Gasteiger partial charge in [0.1, 0.15) is 17.5 Å². The van der Waals surface area contributed by atoms with Crippen molar-refractivity contribution in [3.8, 4) is 6.07 Å². The Labute approximate surface area is 85.8 Å². The van der Waals surface area contributed by atoms with E-state index in [1.165, 1.54) is 10.6 Å². The molecule has 0 N–H and O–H groups in total. The molecule has 72 valence electrons. The molecule has 14 heavy (non-hydrogen) atoms. The van der Waals surface area contributed by atoms with E-state index in [0.717, 1.165) is 12.8 Å². The summed E-state index contributed by atoms with van der Waals surface area (Å²) in [5.74, 6) is 0.971. The maximum atomic E-state index is 11.5. The van der Waals surface area contributed by atoms with Crippen LogP contribution in [-0.2, 0) is 6.54 Å². The quantitative estimate of drug-likeness (QED) is 0.690. The fourth-order valence-electron chi connectivity index (χ4n) is 1.38. The predicted octanol–water partition coefficient (Wildman–Crippen LogP) is 1.30. The third-order valence-corrected chi connectivity index (χ3v) is 2.37. The number of halogens is 1. The lowest BCUT2D eigenvalue weighted by atomic mass is 10.3. The van der Waals surface area contributed by atoms with Gasteiger partial charge in [-0.25, -0.2) is 4.98 Å². The van der Waals surface area contributed by atoms with Crippen LogP contribution in [0.1, 0.15) is 24.6 Å². The largest absolute Gasteiger partial charge is 0.282 e. The van der Waals surface area contributed by atoms with E-state index in [0.29, 0.717) is 11.7 Å². The molecule has 0 radical (unpaired) electrons. The molecular weight excluding hydrogens is 202 g/mol. The molecule has 0 aliphatic heterocycles. The molecule has 1 aromatic rings. The summed E-state index contributed by atoms with van der Waals surface area (Å²) < 4.78 is 1.39. The molecule has 5 heteroatoms. The van der Waals surface area contributed by atoms with Crippen LogP contribution in [0.5, 0.6) is 0 Å². The van der Waals surface area contributed by atoms with E-state index in [2.05, 4.69) is 4.98 Å². The predicted molar refractivity (Wildman–Crippen MR) is 51.1 cm³/mol. The summed E-state index contributed by atoms with van der Waals surface area (Å²) in [6.07, 6.45) is 2.05. The normalized spacial score (nSPS) is 15.1. The minimum absolute atomic E-state index is 0.0504. The van der Waals surface area contributed by atoms with Gasteiger partial charge in [-0.15, -0.1) is 0 Å². The van der Waals surface area contributed by atoms with Crippen LogP contribution >= 0.6 is 11.6 Å². The molecule has 0 amide bonds. The fourth-order valence-corrected chi connectivity index (χ4v) is 1.56. The molecule has 0 saturated heterocycles. The van der Waals surface area contributed by atoms with Crippen molar-refractivity contribution in [1.82, 2.24) is 9.55 Å². The van der Waals surface area contributed by atoms with Crippen molar-refractivity contribution >= 4 is 11.6 Å². The average molecular weight is 210 g/mol. The highest BCUT2D eigenvalue weighted by molar-refractivity contribution is 6.29. The Morgan fingerprint density at radius 2 is 2.43 bits per heavy atom.